The van der Waals surface area contributed by atoms with Gasteiger partial charge in [0.05, 0.1) is 6.07 Å². The van der Waals surface area contributed by atoms with Gasteiger partial charge in [0.15, 0.2) is 0 Å². The molecule has 0 spiro atoms. The van der Waals surface area contributed by atoms with Crippen LogP contribution in [0, 0.1) is 23.7 Å². The van der Waals surface area contributed by atoms with Crippen LogP contribution < -0.4 is 0 Å². The van der Waals surface area contributed by atoms with Crippen molar-refractivity contribution >= 4 is 0 Å². The van der Waals surface area contributed by atoms with Gasteiger partial charge in [0.2, 0.25) is 0 Å². The van der Waals surface area contributed by atoms with Crippen LogP contribution in [0.2, 0.25) is 0 Å². The van der Waals surface area contributed by atoms with Crippen LogP contribution in [0.3, 0.4) is 0 Å². The van der Waals surface area contributed by atoms with E-state index in [1.54, 1.807) is 0 Å². The topological polar surface area (TPSA) is 23.8 Å². The Bertz CT molecular complexity index is 95.4. The van der Waals surface area contributed by atoms with Gasteiger partial charge in [-0.15, -0.1) is 0 Å². The summed E-state index contributed by atoms with van der Waals surface area (Å²) in [6, 6.07) is 2.28. The van der Waals surface area contributed by atoms with Crippen molar-refractivity contribution in [3.8, 4) is 6.07 Å². The summed E-state index contributed by atoms with van der Waals surface area (Å²) in [5.41, 5.74) is 0. The standard InChI is InChI=1S/C7H10N/c8-6-7-4-2-1-3-5-7/h1,7H,2-5H2. The Kier molecular flexibility index (Phi) is 1.91. The highest BCUT2D eigenvalue weighted by atomic mass is 14.3. The van der Waals surface area contributed by atoms with E-state index in [1.807, 2.05) is 0 Å². The second-order valence-electron chi connectivity index (χ2n) is 2.27. The summed E-state index contributed by atoms with van der Waals surface area (Å²) in [6.45, 7) is 0. The molecule has 0 aromatic rings. The molecule has 0 amide bonds. The van der Waals surface area contributed by atoms with Crippen LogP contribution in [0.1, 0.15) is 25.7 Å². The minimum absolute atomic E-state index is 0.361. The number of nitriles is 1. The molecule has 0 bridgehead atoms. The van der Waals surface area contributed by atoms with E-state index in [0.717, 1.165) is 25.7 Å². The fourth-order valence-electron chi connectivity index (χ4n) is 1.06. The van der Waals surface area contributed by atoms with E-state index >= 15 is 0 Å². The van der Waals surface area contributed by atoms with E-state index in [0.29, 0.717) is 5.92 Å². The first-order valence-corrected chi connectivity index (χ1v) is 3.15. The Morgan fingerprint density at radius 2 is 2.00 bits per heavy atom. The van der Waals surface area contributed by atoms with Gasteiger partial charge >= 0.3 is 0 Å². The molecule has 0 aromatic heterocycles. The molecule has 0 atom stereocenters. The highest BCUT2D eigenvalue weighted by Gasteiger charge is 2.10. The summed E-state index contributed by atoms with van der Waals surface area (Å²) >= 11 is 0. The first-order valence-electron chi connectivity index (χ1n) is 3.15. The highest BCUT2D eigenvalue weighted by molar-refractivity contribution is 4.89. The van der Waals surface area contributed by atoms with Crippen LogP contribution in [0.15, 0.2) is 0 Å². The zero-order valence-electron chi connectivity index (χ0n) is 4.93. The average Bonchev–Trinajstić information content (AvgIpc) is 1.90. The molecule has 1 radical (unpaired) electrons. The van der Waals surface area contributed by atoms with E-state index in [4.69, 9.17) is 5.26 Å². The predicted molar refractivity (Wildman–Crippen MR) is 31.9 cm³/mol. The second kappa shape index (κ2) is 2.71. The zero-order chi connectivity index (χ0) is 5.82. The lowest BCUT2D eigenvalue weighted by atomic mass is 9.91. The highest BCUT2D eigenvalue weighted by Crippen LogP contribution is 2.21. The molecule has 1 rings (SSSR count). The Balaban J connectivity index is 2.25. The van der Waals surface area contributed by atoms with Crippen LogP contribution >= 0.6 is 0 Å². The number of rotatable bonds is 0. The van der Waals surface area contributed by atoms with Gasteiger partial charge in [-0.1, -0.05) is 0 Å². The summed E-state index contributed by atoms with van der Waals surface area (Å²) < 4.78 is 0. The molecule has 1 nitrogen and oxygen atoms in total. The van der Waals surface area contributed by atoms with E-state index in [2.05, 4.69) is 12.5 Å². The summed E-state index contributed by atoms with van der Waals surface area (Å²) in [4.78, 5) is 0. The van der Waals surface area contributed by atoms with E-state index in [-0.39, 0.29) is 0 Å². The van der Waals surface area contributed by atoms with Crippen LogP contribution in [0.25, 0.3) is 0 Å². The molecular weight excluding hydrogens is 98.1 g/mol. The minimum Gasteiger partial charge on any atom is -0.198 e. The lowest BCUT2D eigenvalue weighted by molar-refractivity contribution is 0.492. The summed E-state index contributed by atoms with van der Waals surface area (Å²) in [7, 11) is 0. The molecule has 1 saturated carbocycles. The summed E-state index contributed by atoms with van der Waals surface area (Å²) in [5, 5.41) is 8.43. The maximum atomic E-state index is 8.43. The SMILES string of the molecule is N#CC1CC[CH]CC1. The Morgan fingerprint density at radius 1 is 1.38 bits per heavy atom. The molecule has 8 heavy (non-hydrogen) atoms. The van der Waals surface area contributed by atoms with Gasteiger partial charge in [0.1, 0.15) is 0 Å². The summed E-state index contributed by atoms with van der Waals surface area (Å²) in [6.07, 6.45) is 6.76. The Labute approximate surface area is 50.3 Å². The minimum atomic E-state index is 0.361. The van der Waals surface area contributed by atoms with Crippen molar-refractivity contribution in [2.24, 2.45) is 5.92 Å². The molecule has 0 saturated heterocycles. The molecule has 1 aliphatic carbocycles. The maximum absolute atomic E-state index is 8.43. The van der Waals surface area contributed by atoms with Crippen molar-refractivity contribution < 1.29 is 0 Å². The lowest BCUT2D eigenvalue weighted by Crippen LogP contribution is -2.02. The van der Waals surface area contributed by atoms with Crippen LogP contribution in [-0.2, 0) is 0 Å². The molecule has 0 aliphatic heterocycles. The Morgan fingerprint density at radius 3 is 2.38 bits per heavy atom. The molecular formula is C7H10N. The van der Waals surface area contributed by atoms with Gasteiger partial charge in [-0.3, -0.25) is 0 Å². The van der Waals surface area contributed by atoms with E-state index in [9.17, 15) is 0 Å². The Hall–Kier alpha value is -0.510. The first-order chi connectivity index (χ1) is 3.93. The largest absolute Gasteiger partial charge is 0.198 e. The van der Waals surface area contributed by atoms with Crippen LogP contribution in [0.4, 0.5) is 0 Å². The van der Waals surface area contributed by atoms with Gasteiger partial charge in [-0.05, 0) is 32.1 Å². The second-order valence-corrected chi connectivity index (χ2v) is 2.27. The molecule has 0 aromatic carbocycles. The van der Waals surface area contributed by atoms with Crippen LogP contribution in [0.5, 0.6) is 0 Å². The molecule has 0 heterocycles. The maximum Gasteiger partial charge on any atom is 0.0655 e. The van der Waals surface area contributed by atoms with Crippen molar-refractivity contribution in [1.82, 2.24) is 0 Å². The van der Waals surface area contributed by atoms with Gasteiger partial charge in [0.25, 0.3) is 0 Å². The van der Waals surface area contributed by atoms with Crippen molar-refractivity contribution in [3.63, 3.8) is 0 Å². The monoisotopic (exact) mass is 108 g/mol. The molecule has 0 unspecified atom stereocenters. The fourth-order valence-corrected chi connectivity index (χ4v) is 1.06. The fraction of sp³-hybridized carbons (Fsp3) is 0.714. The molecule has 43 valence electrons. The van der Waals surface area contributed by atoms with Crippen molar-refractivity contribution in [2.75, 3.05) is 0 Å². The number of hydrogen-bond donors (Lipinski definition) is 0. The van der Waals surface area contributed by atoms with Crippen molar-refractivity contribution in [1.29, 1.82) is 5.26 Å². The predicted octanol–water partition coefficient (Wildman–Crippen LogP) is 1.90. The molecule has 0 N–H and O–H groups in total. The summed E-state index contributed by atoms with van der Waals surface area (Å²) in [5.74, 6) is 0.361. The van der Waals surface area contributed by atoms with E-state index in [1.165, 1.54) is 0 Å². The van der Waals surface area contributed by atoms with Crippen molar-refractivity contribution in [3.05, 3.63) is 6.42 Å². The van der Waals surface area contributed by atoms with Crippen LogP contribution in [-0.4, -0.2) is 0 Å². The van der Waals surface area contributed by atoms with E-state index < -0.39 is 0 Å². The third-order valence-electron chi connectivity index (χ3n) is 1.62. The quantitative estimate of drug-likeness (QED) is 0.465. The molecule has 1 aliphatic rings. The van der Waals surface area contributed by atoms with Gasteiger partial charge < -0.3 is 0 Å². The third-order valence-corrected chi connectivity index (χ3v) is 1.62. The smallest absolute Gasteiger partial charge is 0.0655 e. The average molecular weight is 108 g/mol. The normalized spacial score (nSPS) is 22.4. The number of hydrogen-bond acceptors (Lipinski definition) is 1. The lowest BCUT2D eigenvalue weighted by Gasteiger charge is -2.12. The zero-order valence-corrected chi connectivity index (χ0v) is 4.93. The molecule has 1 fully saturated rings. The molecule has 1 heteroatoms. The first kappa shape index (κ1) is 5.62. The third kappa shape index (κ3) is 1.23. The number of nitrogens with zero attached hydrogens (tertiary/aromatic N) is 1. The van der Waals surface area contributed by atoms with Gasteiger partial charge in [0, 0.05) is 5.92 Å². The van der Waals surface area contributed by atoms with Crippen molar-refractivity contribution in [2.45, 2.75) is 25.7 Å². The van der Waals surface area contributed by atoms with Gasteiger partial charge in [-0.25, -0.2) is 0 Å². The van der Waals surface area contributed by atoms with Gasteiger partial charge in [-0.2, -0.15) is 5.26 Å².